The van der Waals surface area contributed by atoms with Crippen LogP contribution in [0.15, 0.2) is 48.5 Å². The second-order valence-corrected chi connectivity index (χ2v) is 6.39. The first-order valence-corrected chi connectivity index (χ1v) is 8.54. The van der Waals surface area contributed by atoms with Crippen molar-refractivity contribution in [2.24, 2.45) is 0 Å². The third kappa shape index (κ3) is 3.30. The number of amides is 1. The highest BCUT2D eigenvalue weighted by molar-refractivity contribution is 6.31. The van der Waals surface area contributed by atoms with Crippen LogP contribution in [0.1, 0.15) is 21.7 Å². The maximum Gasteiger partial charge on any atom is 0.258 e. The van der Waals surface area contributed by atoms with Crippen molar-refractivity contribution in [1.82, 2.24) is 9.78 Å². The summed E-state index contributed by atoms with van der Waals surface area (Å²) in [5.74, 6) is 0.584. The van der Waals surface area contributed by atoms with Gasteiger partial charge in [0.05, 0.1) is 29.2 Å². The lowest BCUT2D eigenvalue weighted by Crippen LogP contribution is -2.26. The molecule has 0 fully saturated rings. The number of ether oxygens (including phenoxy) is 1. The number of carbonyl (C=O) groups excluding carboxylic acids is 1. The molecule has 0 atom stereocenters. The number of aryl methyl sites for hydroxylation is 1. The molecule has 0 bridgehead atoms. The highest BCUT2D eigenvalue weighted by Crippen LogP contribution is 2.24. The monoisotopic (exact) mass is 369 g/mol. The van der Waals surface area contributed by atoms with Gasteiger partial charge in [-0.3, -0.25) is 4.79 Å². The van der Waals surface area contributed by atoms with Gasteiger partial charge in [0.15, 0.2) is 0 Å². The fourth-order valence-corrected chi connectivity index (χ4v) is 2.89. The summed E-state index contributed by atoms with van der Waals surface area (Å²) in [6.45, 7) is 3.76. The lowest BCUT2D eigenvalue weighted by atomic mass is 10.1. The molecule has 134 valence electrons. The van der Waals surface area contributed by atoms with E-state index >= 15 is 0 Å². The molecule has 1 amide bonds. The maximum atomic E-state index is 12.9. The summed E-state index contributed by atoms with van der Waals surface area (Å²) in [6, 6.07) is 14.7. The van der Waals surface area contributed by atoms with Crippen molar-refractivity contribution in [3.63, 3.8) is 0 Å². The second-order valence-electron chi connectivity index (χ2n) is 6.01. The van der Waals surface area contributed by atoms with Gasteiger partial charge in [-0.05, 0) is 44.2 Å². The summed E-state index contributed by atoms with van der Waals surface area (Å²) in [7, 11) is 3.34. The van der Waals surface area contributed by atoms with Gasteiger partial charge in [0.2, 0.25) is 0 Å². The van der Waals surface area contributed by atoms with Gasteiger partial charge in [-0.2, -0.15) is 5.10 Å². The first-order chi connectivity index (χ1) is 12.4. The van der Waals surface area contributed by atoms with Crippen LogP contribution in [0.5, 0.6) is 5.75 Å². The minimum Gasteiger partial charge on any atom is -0.497 e. The molecular weight excluding hydrogens is 350 g/mol. The molecule has 0 spiro atoms. The van der Waals surface area contributed by atoms with Crippen LogP contribution in [0.2, 0.25) is 5.02 Å². The summed E-state index contributed by atoms with van der Waals surface area (Å²) in [6.07, 6.45) is 0. The molecule has 0 aliphatic heterocycles. The van der Waals surface area contributed by atoms with Crippen LogP contribution in [0.4, 0.5) is 5.69 Å². The van der Waals surface area contributed by atoms with Gasteiger partial charge in [0.1, 0.15) is 5.75 Å². The normalized spacial score (nSPS) is 10.7. The summed E-state index contributed by atoms with van der Waals surface area (Å²) < 4.78 is 6.98. The second kappa shape index (κ2) is 7.22. The molecule has 0 saturated heterocycles. The van der Waals surface area contributed by atoms with Crippen molar-refractivity contribution in [2.75, 3.05) is 19.1 Å². The van der Waals surface area contributed by atoms with Crippen molar-refractivity contribution in [3.8, 4) is 11.4 Å². The SMILES string of the molecule is COc1cccc(N(C)C(=O)c2cccc(-n3nc(C)c(Cl)c3C)c2)c1. The van der Waals surface area contributed by atoms with E-state index in [9.17, 15) is 4.79 Å². The number of anilines is 1. The molecule has 2 aromatic carbocycles. The first-order valence-electron chi connectivity index (χ1n) is 8.16. The van der Waals surface area contributed by atoms with Crippen LogP contribution in [-0.2, 0) is 0 Å². The molecular formula is C20H20ClN3O2. The van der Waals surface area contributed by atoms with Crippen LogP contribution in [0.3, 0.4) is 0 Å². The van der Waals surface area contributed by atoms with E-state index < -0.39 is 0 Å². The van der Waals surface area contributed by atoms with E-state index in [1.807, 2.05) is 56.3 Å². The minimum absolute atomic E-state index is 0.118. The molecule has 0 unspecified atom stereocenters. The van der Waals surface area contributed by atoms with E-state index in [1.54, 1.807) is 29.8 Å². The molecule has 26 heavy (non-hydrogen) atoms. The first kappa shape index (κ1) is 18.0. The van der Waals surface area contributed by atoms with E-state index in [4.69, 9.17) is 16.3 Å². The number of methoxy groups -OCH3 is 1. The van der Waals surface area contributed by atoms with E-state index in [1.165, 1.54) is 0 Å². The number of aromatic nitrogens is 2. The number of hydrogen-bond acceptors (Lipinski definition) is 3. The minimum atomic E-state index is -0.118. The Balaban J connectivity index is 1.94. The highest BCUT2D eigenvalue weighted by atomic mass is 35.5. The Morgan fingerprint density at radius 2 is 1.88 bits per heavy atom. The number of benzene rings is 2. The van der Waals surface area contributed by atoms with E-state index in [0.29, 0.717) is 16.3 Å². The summed E-state index contributed by atoms with van der Waals surface area (Å²) in [5.41, 5.74) is 3.72. The van der Waals surface area contributed by atoms with Crippen LogP contribution in [0, 0.1) is 13.8 Å². The summed E-state index contributed by atoms with van der Waals surface area (Å²) >= 11 is 6.24. The van der Waals surface area contributed by atoms with Crippen molar-refractivity contribution in [3.05, 3.63) is 70.5 Å². The largest absolute Gasteiger partial charge is 0.497 e. The molecule has 6 heteroatoms. The quantitative estimate of drug-likeness (QED) is 0.683. The molecule has 3 aromatic rings. The van der Waals surface area contributed by atoms with Crippen molar-refractivity contribution in [2.45, 2.75) is 13.8 Å². The third-order valence-electron chi connectivity index (χ3n) is 4.29. The fraction of sp³-hybridized carbons (Fsp3) is 0.200. The summed E-state index contributed by atoms with van der Waals surface area (Å²) in [5, 5.41) is 5.08. The van der Waals surface area contributed by atoms with Crippen LogP contribution in [0.25, 0.3) is 5.69 Å². The zero-order chi connectivity index (χ0) is 18.8. The van der Waals surface area contributed by atoms with E-state index in [2.05, 4.69) is 5.10 Å². The lowest BCUT2D eigenvalue weighted by molar-refractivity contribution is 0.0993. The average Bonchev–Trinajstić information content (AvgIpc) is 2.94. The lowest BCUT2D eigenvalue weighted by Gasteiger charge is -2.18. The number of halogens is 1. The Morgan fingerprint density at radius 1 is 1.15 bits per heavy atom. The Morgan fingerprint density at radius 3 is 2.54 bits per heavy atom. The van der Waals surface area contributed by atoms with Gasteiger partial charge >= 0.3 is 0 Å². The topological polar surface area (TPSA) is 47.4 Å². The van der Waals surface area contributed by atoms with Crippen molar-refractivity contribution >= 4 is 23.2 Å². The Bertz CT molecular complexity index is 965. The molecule has 1 heterocycles. The molecule has 0 N–H and O–H groups in total. The third-order valence-corrected chi connectivity index (χ3v) is 4.83. The molecule has 1 aromatic heterocycles. The van der Waals surface area contributed by atoms with Gasteiger partial charge in [-0.1, -0.05) is 23.7 Å². The molecule has 5 nitrogen and oxygen atoms in total. The molecule has 0 saturated carbocycles. The standard InChI is InChI=1S/C20H20ClN3O2/c1-13-19(21)14(2)24(22-13)17-9-5-7-15(11-17)20(25)23(3)16-8-6-10-18(12-16)26-4/h5-12H,1-4H3. The molecule has 0 radical (unpaired) electrons. The molecule has 0 aliphatic rings. The van der Waals surface area contributed by atoms with Gasteiger partial charge < -0.3 is 9.64 Å². The highest BCUT2D eigenvalue weighted by Gasteiger charge is 2.16. The molecule has 0 aliphatic carbocycles. The number of rotatable bonds is 4. The Kier molecular flexibility index (Phi) is 5.00. The van der Waals surface area contributed by atoms with E-state index in [0.717, 1.165) is 22.8 Å². The predicted molar refractivity (Wildman–Crippen MR) is 104 cm³/mol. The predicted octanol–water partition coefficient (Wildman–Crippen LogP) is 4.43. The van der Waals surface area contributed by atoms with Gasteiger partial charge in [0, 0.05) is 24.4 Å². The van der Waals surface area contributed by atoms with Gasteiger partial charge in [0.25, 0.3) is 5.91 Å². The fourth-order valence-electron chi connectivity index (χ4n) is 2.78. The molecule has 3 rings (SSSR count). The van der Waals surface area contributed by atoms with Crippen molar-refractivity contribution in [1.29, 1.82) is 0 Å². The zero-order valence-electron chi connectivity index (χ0n) is 15.2. The summed E-state index contributed by atoms with van der Waals surface area (Å²) in [4.78, 5) is 14.5. The smallest absolute Gasteiger partial charge is 0.258 e. The Labute approximate surface area is 157 Å². The van der Waals surface area contributed by atoms with Crippen LogP contribution < -0.4 is 9.64 Å². The van der Waals surface area contributed by atoms with Crippen LogP contribution >= 0.6 is 11.6 Å². The zero-order valence-corrected chi connectivity index (χ0v) is 15.9. The Hall–Kier alpha value is -2.79. The van der Waals surface area contributed by atoms with Gasteiger partial charge in [-0.25, -0.2) is 4.68 Å². The average molecular weight is 370 g/mol. The van der Waals surface area contributed by atoms with E-state index in [-0.39, 0.29) is 5.91 Å². The number of carbonyl (C=O) groups is 1. The number of nitrogens with zero attached hydrogens (tertiary/aromatic N) is 3. The van der Waals surface area contributed by atoms with Crippen LogP contribution in [-0.4, -0.2) is 29.8 Å². The van der Waals surface area contributed by atoms with Gasteiger partial charge in [-0.15, -0.1) is 0 Å². The maximum absolute atomic E-state index is 12.9. The van der Waals surface area contributed by atoms with Crippen molar-refractivity contribution < 1.29 is 9.53 Å². The number of hydrogen-bond donors (Lipinski definition) is 0.